The van der Waals surface area contributed by atoms with Crippen molar-refractivity contribution in [3.05, 3.63) is 72.9 Å². The van der Waals surface area contributed by atoms with Crippen molar-refractivity contribution in [1.82, 2.24) is 4.98 Å². The Kier molecular flexibility index (Phi) is 6.54. The summed E-state index contributed by atoms with van der Waals surface area (Å²) < 4.78 is 29.9. The Balaban J connectivity index is 1.58. The van der Waals surface area contributed by atoms with Crippen LogP contribution in [0.4, 0.5) is 17.2 Å². The van der Waals surface area contributed by atoms with E-state index >= 15 is 0 Å². The Bertz CT molecular complexity index is 1340. The van der Waals surface area contributed by atoms with Gasteiger partial charge in [-0.3, -0.25) is 4.57 Å². The van der Waals surface area contributed by atoms with E-state index in [1.165, 1.54) is 7.11 Å². The van der Waals surface area contributed by atoms with Crippen molar-refractivity contribution < 1.29 is 18.6 Å². The lowest BCUT2D eigenvalue weighted by atomic mass is 10.1. The first kappa shape index (κ1) is 22.6. The van der Waals surface area contributed by atoms with Gasteiger partial charge < -0.3 is 25.0 Å². The molecule has 0 aliphatic heterocycles. The normalized spacial score (nSPS) is 12.8. The van der Waals surface area contributed by atoms with E-state index in [0.717, 1.165) is 16.5 Å². The Labute approximate surface area is 193 Å². The lowest BCUT2D eigenvalue weighted by Gasteiger charge is -2.17. The Morgan fingerprint density at radius 2 is 1.79 bits per heavy atom. The summed E-state index contributed by atoms with van der Waals surface area (Å²) in [5, 5.41) is 5.65. The molecule has 7 nitrogen and oxygen atoms in total. The number of anilines is 3. The molecule has 33 heavy (non-hydrogen) atoms. The number of nitrogens with two attached hydrogens (primary N) is 1. The first-order valence-electron chi connectivity index (χ1n) is 10.5. The molecule has 3 aromatic carbocycles. The highest BCUT2D eigenvalue weighted by atomic mass is 31.2. The molecule has 4 aromatic rings. The number of benzene rings is 3. The van der Waals surface area contributed by atoms with E-state index < -0.39 is 7.37 Å². The standard InChI is InChI=1S/C25H26N3O4P/c1-4-31-33(3,29)24-12-9-17(15-23(24)30-2)28-25-16-18(13-14-27-25)32-22-11-10-21(26)19-7-5-6-8-20(19)22/h5-16H,4,26H2,1-3H3,(H,27,28). The van der Waals surface area contributed by atoms with Crippen molar-refractivity contribution in [3.8, 4) is 17.2 Å². The van der Waals surface area contributed by atoms with E-state index in [2.05, 4.69) is 10.3 Å². The number of nitrogen functional groups attached to an aromatic ring is 1. The van der Waals surface area contributed by atoms with E-state index in [-0.39, 0.29) is 0 Å². The molecule has 1 atom stereocenters. The number of hydrogen-bond donors (Lipinski definition) is 2. The molecule has 8 heteroatoms. The van der Waals surface area contributed by atoms with Gasteiger partial charge in [0.2, 0.25) is 7.37 Å². The highest BCUT2D eigenvalue weighted by molar-refractivity contribution is 7.66. The molecule has 0 spiro atoms. The predicted molar refractivity (Wildman–Crippen MR) is 134 cm³/mol. The summed E-state index contributed by atoms with van der Waals surface area (Å²) in [5.41, 5.74) is 7.53. The molecular weight excluding hydrogens is 437 g/mol. The summed E-state index contributed by atoms with van der Waals surface area (Å²) in [6.07, 6.45) is 1.66. The fourth-order valence-corrected chi connectivity index (χ4v) is 5.14. The molecule has 0 saturated carbocycles. The average molecular weight is 463 g/mol. The van der Waals surface area contributed by atoms with Gasteiger partial charge in [-0.25, -0.2) is 4.98 Å². The quantitative estimate of drug-likeness (QED) is 0.247. The van der Waals surface area contributed by atoms with Crippen LogP contribution in [0, 0.1) is 0 Å². The van der Waals surface area contributed by atoms with Gasteiger partial charge in [-0.1, -0.05) is 24.3 Å². The van der Waals surface area contributed by atoms with Gasteiger partial charge in [0.1, 0.15) is 23.1 Å². The van der Waals surface area contributed by atoms with Crippen molar-refractivity contribution in [1.29, 1.82) is 0 Å². The molecule has 0 amide bonds. The zero-order valence-electron chi connectivity index (χ0n) is 18.7. The second kappa shape index (κ2) is 9.53. The highest BCUT2D eigenvalue weighted by Gasteiger charge is 2.23. The number of ether oxygens (including phenoxy) is 2. The molecule has 4 rings (SSSR count). The summed E-state index contributed by atoms with van der Waals surface area (Å²) in [6.45, 7) is 3.76. The van der Waals surface area contributed by atoms with E-state index in [4.69, 9.17) is 19.7 Å². The molecule has 0 aliphatic carbocycles. The van der Waals surface area contributed by atoms with Crippen molar-refractivity contribution in [3.63, 3.8) is 0 Å². The largest absolute Gasteiger partial charge is 0.496 e. The molecular formula is C25H26N3O4P. The van der Waals surface area contributed by atoms with Crippen LogP contribution in [0.3, 0.4) is 0 Å². The molecule has 0 saturated heterocycles. The van der Waals surface area contributed by atoms with Crippen molar-refractivity contribution in [2.24, 2.45) is 0 Å². The number of nitrogens with one attached hydrogen (secondary N) is 1. The summed E-state index contributed by atoms with van der Waals surface area (Å²) in [7, 11) is -1.43. The van der Waals surface area contributed by atoms with Crippen molar-refractivity contribution in [2.75, 3.05) is 31.4 Å². The Hall–Kier alpha value is -3.54. The minimum absolute atomic E-state index is 0.358. The number of rotatable bonds is 8. The first-order valence-corrected chi connectivity index (χ1v) is 12.6. The molecule has 0 aliphatic rings. The number of fused-ring (bicyclic) bond motifs is 1. The summed E-state index contributed by atoms with van der Waals surface area (Å²) in [6, 6.07) is 20.5. The minimum atomic E-state index is -2.97. The van der Waals surface area contributed by atoms with Crippen LogP contribution in [-0.2, 0) is 9.09 Å². The molecule has 0 bridgehead atoms. The van der Waals surface area contributed by atoms with Crippen LogP contribution < -0.4 is 25.8 Å². The van der Waals surface area contributed by atoms with Crippen LogP contribution in [0.2, 0.25) is 0 Å². The van der Waals surface area contributed by atoms with Gasteiger partial charge in [-0.15, -0.1) is 0 Å². The third-order valence-electron chi connectivity index (χ3n) is 5.14. The predicted octanol–water partition coefficient (Wildman–Crippen LogP) is 5.93. The summed E-state index contributed by atoms with van der Waals surface area (Å²) in [5.74, 6) is 2.41. The van der Waals surface area contributed by atoms with Gasteiger partial charge in [-0.05, 0) is 37.3 Å². The zero-order chi connectivity index (χ0) is 23.4. The maximum Gasteiger partial charge on any atom is 0.232 e. The maximum absolute atomic E-state index is 12.8. The monoisotopic (exact) mass is 463 g/mol. The van der Waals surface area contributed by atoms with Gasteiger partial charge >= 0.3 is 0 Å². The number of pyridine rings is 1. The number of nitrogens with zero attached hydrogens (tertiary/aromatic N) is 1. The van der Waals surface area contributed by atoms with Gasteiger partial charge in [0.05, 0.1) is 19.0 Å². The molecule has 170 valence electrons. The smallest absolute Gasteiger partial charge is 0.232 e. The lowest BCUT2D eigenvalue weighted by molar-refractivity contribution is 0.343. The van der Waals surface area contributed by atoms with E-state index in [0.29, 0.717) is 40.7 Å². The summed E-state index contributed by atoms with van der Waals surface area (Å²) >= 11 is 0. The van der Waals surface area contributed by atoms with Gasteiger partial charge in [-0.2, -0.15) is 0 Å². The third-order valence-corrected chi connectivity index (χ3v) is 7.14. The molecule has 1 unspecified atom stereocenters. The fourth-order valence-electron chi connectivity index (χ4n) is 3.61. The van der Waals surface area contributed by atoms with Gasteiger partial charge in [0, 0.05) is 47.1 Å². The third kappa shape index (κ3) is 4.95. The Morgan fingerprint density at radius 1 is 1.00 bits per heavy atom. The zero-order valence-corrected chi connectivity index (χ0v) is 19.6. The van der Waals surface area contributed by atoms with Crippen molar-refractivity contribution >= 4 is 40.6 Å². The van der Waals surface area contributed by atoms with Crippen LogP contribution in [0.1, 0.15) is 6.92 Å². The topological polar surface area (TPSA) is 95.7 Å². The van der Waals surface area contributed by atoms with Crippen LogP contribution in [-0.4, -0.2) is 25.4 Å². The van der Waals surface area contributed by atoms with Gasteiger partial charge in [0.25, 0.3) is 0 Å². The lowest BCUT2D eigenvalue weighted by Crippen LogP contribution is -2.11. The second-order valence-electron chi connectivity index (χ2n) is 7.45. The fraction of sp³-hybridized carbons (Fsp3) is 0.160. The van der Waals surface area contributed by atoms with Crippen LogP contribution in [0.15, 0.2) is 72.9 Å². The molecule has 0 fully saturated rings. The Morgan fingerprint density at radius 3 is 2.55 bits per heavy atom. The maximum atomic E-state index is 12.8. The average Bonchev–Trinajstić information content (AvgIpc) is 2.81. The second-order valence-corrected chi connectivity index (χ2v) is 9.88. The number of hydrogen-bond acceptors (Lipinski definition) is 7. The first-order chi connectivity index (χ1) is 15.9. The van der Waals surface area contributed by atoms with Crippen LogP contribution in [0.25, 0.3) is 10.8 Å². The van der Waals surface area contributed by atoms with Crippen molar-refractivity contribution in [2.45, 2.75) is 6.92 Å². The SMILES string of the molecule is CCOP(C)(=O)c1ccc(Nc2cc(Oc3ccc(N)c4ccccc34)ccn2)cc1OC. The summed E-state index contributed by atoms with van der Waals surface area (Å²) in [4.78, 5) is 4.38. The van der Waals surface area contributed by atoms with E-state index in [9.17, 15) is 4.57 Å². The molecule has 3 N–H and O–H groups in total. The number of aromatic nitrogens is 1. The molecule has 0 radical (unpaired) electrons. The highest BCUT2D eigenvalue weighted by Crippen LogP contribution is 2.44. The van der Waals surface area contributed by atoms with Gasteiger partial charge in [0.15, 0.2) is 0 Å². The van der Waals surface area contributed by atoms with Crippen LogP contribution >= 0.6 is 7.37 Å². The molecule has 1 heterocycles. The molecule has 1 aromatic heterocycles. The van der Waals surface area contributed by atoms with E-state index in [1.54, 1.807) is 37.1 Å². The van der Waals surface area contributed by atoms with E-state index in [1.807, 2.05) is 49.4 Å². The van der Waals surface area contributed by atoms with Crippen LogP contribution in [0.5, 0.6) is 17.2 Å². The minimum Gasteiger partial charge on any atom is -0.496 e. The number of methoxy groups -OCH3 is 1.